The van der Waals surface area contributed by atoms with Crippen molar-refractivity contribution in [1.29, 1.82) is 0 Å². The molecule has 1 aliphatic rings. The van der Waals surface area contributed by atoms with Crippen LogP contribution in [0, 0.1) is 17.5 Å². The number of nitrogens with two attached hydrogens (primary N) is 1. The lowest BCUT2D eigenvalue weighted by Gasteiger charge is -2.29. The zero-order valence-corrected chi connectivity index (χ0v) is 18.0. The van der Waals surface area contributed by atoms with Gasteiger partial charge in [-0.05, 0) is 30.9 Å². The molecule has 3 rings (SSSR count). The predicted molar refractivity (Wildman–Crippen MR) is 106 cm³/mol. The molecule has 1 aromatic heterocycles. The Labute approximate surface area is 182 Å². The summed E-state index contributed by atoms with van der Waals surface area (Å²) in [6.07, 6.45) is -0.630. The number of hydrogen-bond donors (Lipinski definition) is 1. The molecule has 174 valence electrons. The number of carbonyl (C=O) groups is 2. The van der Waals surface area contributed by atoms with Crippen molar-refractivity contribution in [3.63, 3.8) is 0 Å². The Bertz CT molecular complexity index is 992. The Morgan fingerprint density at radius 3 is 2.62 bits per heavy atom. The summed E-state index contributed by atoms with van der Waals surface area (Å²) in [5, 5.41) is 3.98. The number of rotatable bonds is 7. The van der Waals surface area contributed by atoms with Crippen LogP contribution in [0.15, 0.2) is 16.7 Å². The summed E-state index contributed by atoms with van der Waals surface area (Å²) >= 11 is 0. The zero-order valence-electron chi connectivity index (χ0n) is 18.0. The lowest BCUT2D eigenvalue weighted by atomic mass is 9.96. The predicted octanol–water partition coefficient (Wildman–Crippen LogP) is 2.56. The molecule has 2 N–H and O–H groups in total. The van der Waals surface area contributed by atoms with Crippen molar-refractivity contribution in [2.75, 3.05) is 6.54 Å². The highest BCUT2D eigenvalue weighted by Gasteiger charge is 2.40. The lowest BCUT2D eigenvalue weighted by Crippen LogP contribution is -2.50. The number of nitrogens with zero attached hydrogens (tertiary/aromatic N) is 3. The zero-order chi connectivity index (χ0) is 23.6. The molecule has 1 unspecified atom stereocenters. The molecule has 8 nitrogen and oxygen atoms in total. The van der Waals surface area contributed by atoms with E-state index in [2.05, 4.69) is 10.1 Å². The van der Waals surface area contributed by atoms with Crippen LogP contribution < -0.4 is 5.73 Å². The van der Waals surface area contributed by atoms with E-state index in [1.165, 1.54) is 4.90 Å². The van der Waals surface area contributed by atoms with Crippen molar-refractivity contribution < 1.29 is 32.0 Å². The quantitative estimate of drug-likeness (QED) is 0.506. The van der Waals surface area contributed by atoms with E-state index in [1.807, 2.05) is 20.8 Å². The number of benzene rings is 1. The number of carbonyl (C=O) groups excluding carboxylic acids is 2. The van der Waals surface area contributed by atoms with Gasteiger partial charge in [0, 0.05) is 18.0 Å². The van der Waals surface area contributed by atoms with Gasteiger partial charge in [0.1, 0.15) is 11.9 Å². The summed E-state index contributed by atoms with van der Waals surface area (Å²) in [5.41, 5.74) is 5.45. The number of amides is 1. The molecule has 0 aliphatic carbocycles. The van der Waals surface area contributed by atoms with Crippen molar-refractivity contribution in [3.05, 3.63) is 46.9 Å². The van der Waals surface area contributed by atoms with Crippen LogP contribution in [0.1, 0.15) is 56.9 Å². The highest BCUT2D eigenvalue weighted by molar-refractivity contribution is 5.83. The van der Waals surface area contributed by atoms with Gasteiger partial charge in [-0.25, -0.2) is 13.2 Å². The maximum atomic E-state index is 14.0. The molecule has 1 aliphatic heterocycles. The first-order valence-corrected chi connectivity index (χ1v) is 10.2. The van der Waals surface area contributed by atoms with Gasteiger partial charge in [-0.2, -0.15) is 4.98 Å². The summed E-state index contributed by atoms with van der Waals surface area (Å²) in [6.45, 7) is 6.16. The SMILES string of the molecule is CC(C)(C)c1noc([C@@H]2CCCN2C(=O)C(OC=O)[C@H](N)Cc2cc(F)c(F)cc2F)n1. The summed E-state index contributed by atoms with van der Waals surface area (Å²) in [4.78, 5) is 30.1. The maximum Gasteiger partial charge on any atom is 0.293 e. The molecular weight excluding hydrogens is 429 g/mol. The molecule has 0 spiro atoms. The number of halogens is 3. The van der Waals surface area contributed by atoms with E-state index in [4.69, 9.17) is 15.0 Å². The van der Waals surface area contributed by atoms with Gasteiger partial charge in [-0.1, -0.05) is 25.9 Å². The molecule has 0 radical (unpaired) electrons. The van der Waals surface area contributed by atoms with E-state index in [0.717, 1.165) is 0 Å². The van der Waals surface area contributed by atoms with Crippen LogP contribution in [0.5, 0.6) is 0 Å². The Morgan fingerprint density at radius 1 is 1.31 bits per heavy atom. The highest BCUT2D eigenvalue weighted by atomic mass is 19.2. The molecule has 0 saturated carbocycles. The average molecular weight is 454 g/mol. The van der Waals surface area contributed by atoms with E-state index in [0.29, 0.717) is 37.3 Å². The molecule has 1 amide bonds. The van der Waals surface area contributed by atoms with Crippen LogP contribution in [0.4, 0.5) is 13.2 Å². The van der Waals surface area contributed by atoms with Crippen molar-refractivity contribution in [2.45, 2.75) is 63.6 Å². The van der Waals surface area contributed by atoms with Crippen LogP contribution in [0.2, 0.25) is 0 Å². The molecule has 2 heterocycles. The standard InChI is InChI=1S/C21H25F3N4O4/c1-21(2,3)20-26-18(32-27-20)16-5-4-6-28(16)19(30)17(31-10-29)15(25)8-11-7-13(23)14(24)9-12(11)22/h7,9-10,15-17H,4-6,8,25H2,1-3H3/t15-,16+,17?/m1/s1. The Balaban J connectivity index is 1.81. The van der Waals surface area contributed by atoms with E-state index in [1.54, 1.807) is 0 Å². The summed E-state index contributed by atoms with van der Waals surface area (Å²) < 4.78 is 51.0. The minimum absolute atomic E-state index is 0.0690. The summed E-state index contributed by atoms with van der Waals surface area (Å²) in [6, 6.07) is -0.677. The largest absolute Gasteiger partial charge is 0.453 e. The molecule has 1 saturated heterocycles. The van der Waals surface area contributed by atoms with Gasteiger partial charge in [0.2, 0.25) is 5.89 Å². The Kier molecular flexibility index (Phi) is 6.87. The van der Waals surface area contributed by atoms with E-state index in [-0.39, 0.29) is 29.8 Å². The van der Waals surface area contributed by atoms with Crippen LogP contribution in [-0.2, 0) is 26.2 Å². The summed E-state index contributed by atoms with van der Waals surface area (Å²) in [5.74, 6) is -3.49. The fourth-order valence-corrected chi connectivity index (χ4v) is 3.61. The van der Waals surface area contributed by atoms with Crippen molar-refractivity contribution in [2.24, 2.45) is 5.73 Å². The first-order valence-electron chi connectivity index (χ1n) is 10.2. The van der Waals surface area contributed by atoms with Crippen LogP contribution in [-0.4, -0.2) is 46.1 Å². The third-order valence-electron chi connectivity index (χ3n) is 5.31. The Morgan fingerprint density at radius 2 is 2.00 bits per heavy atom. The van der Waals surface area contributed by atoms with Crippen molar-refractivity contribution >= 4 is 12.4 Å². The normalized spacial score (nSPS) is 18.5. The monoisotopic (exact) mass is 454 g/mol. The van der Waals surface area contributed by atoms with Gasteiger partial charge in [0.05, 0.1) is 6.04 Å². The molecule has 0 bridgehead atoms. The topological polar surface area (TPSA) is 112 Å². The van der Waals surface area contributed by atoms with Gasteiger partial charge in [-0.3, -0.25) is 9.59 Å². The molecule has 3 atom stereocenters. The van der Waals surface area contributed by atoms with Gasteiger partial charge in [0.15, 0.2) is 23.6 Å². The summed E-state index contributed by atoms with van der Waals surface area (Å²) in [7, 11) is 0. The fraction of sp³-hybridized carbons (Fsp3) is 0.524. The van der Waals surface area contributed by atoms with Crippen LogP contribution in [0.3, 0.4) is 0 Å². The van der Waals surface area contributed by atoms with Gasteiger partial charge < -0.3 is 19.9 Å². The molecule has 32 heavy (non-hydrogen) atoms. The maximum absolute atomic E-state index is 14.0. The first-order chi connectivity index (χ1) is 15.0. The minimum Gasteiger partial charge on any atom is -0.453 e. The number of ether oxygens (including phenoxy) is 1. The lowest BCUT2D eigenvalue weighted by molar-refractivity contribution is -0.154. The second-order valence-corrected chi connectivity index (χ2v) is 8.77. The smallest absolute Gasteiger partial charge is 0.293 e. The second-order valence-electron chi connectivity index (χ2n) is 8.77. The molecule has 11 heteroatoms. The molecular formula is C21H25F3N4O4. The van der Waals surface area contributed by atoms with Gasteiger partial charge >= 0.3 is 0 Å². The number of likely N-dealkylation sites (tertiary alicyclic amines) is 1. The third-order valence-corrected chi connectivity index (χ3v) is 5.31. The number of hydrogen-bond acceptors (Lipinski definition) is 7. The van der Waals surface area contributed by atoms with E-state index < -0.39 is 41.5 Å². The molecule has 1 aromatic carbocycles. The van der Waals surface area contributed by atoms with Crippen molar-refractivity contribution in [1.82, 2.24) is 15.0 Å². The minimum atomic E-state index is -1.47. The molecule has 1 fully saturated rings. The first kappa shape index (κ1) is 23.7. The Hall–Kier alpha value is -2.95. The molecule has 2 aromatic rings. The fourth-order valence-electron chi connectivity index (χ4n) is 3.61. The third kappa shape index (κ3) is 4.93. The van der Waals surface area contributed by atoms with E-state index in [9.17, 15) is 22.8 Å². The van der Waals surface area contributed by atoms with E-state index >= 15 is 0 Å². The average Bonchev–Trinajstić information content (AvgIpc) is 3.38. The van der Waals surface area contributed by atoms with Crippen molar-refractivity contribution in [3.8, 4) is 0 Å². The highest BCUT2D eigenvalue weighted by Crippen LogP contribution is 2.33. The van der Waals surface area contributed by atoms with Crippen LogP contribution >= 0.6 is 0 Å². The van der Waals surface area contributed by atoms with Gasteiger partial charge in [-0.15, -0.1) is 0 Å². The number of aromatic nitrogens is 2. The van der Waals surface area contributed by atoms with Crippen LogP contribution in [0.25, 0.3) is 0 Å². The second kappa shape index (κ2) is 9.27. The van der Waals surface area contributed by atoms with Gasteiger partial charge in [0.25, 0.3) is 12.4 Å².